The van der Waals surface area contributed by atoms with Crippen LogP contribution in [0.4, 0.5) is 4.79 Å². The van der Waals surface area contributed by atoms with Gasteiger partial charge in [0.15, 0.2) is 5.11 Å². The Hall–Kier alpha value is -2.15. The summed E-state index contributed by atoms with van der Waals surface area (Å²) in [6.07, 6.45) is 0.824. The summed E-state index contributed by atoms with van der Waals surface area (Å²) in [5.74, 6) is -0.0309. The first-order valence-corrected chi connectivity index (χ1v) is 7.51. The van der Waals surface area contributed by atoms with E-state index in [0.29, 0.717) is 24.5 Å². The highest BCUT2D eigenvalue weighted by Crippen LogP contribution is 2.09. The molecule has 0 aliphatic carbocycles. The second-order valence-electron chi connectivity index (χ2n) is 5.03. The number of hydrogen-bond donors (Lipinski definition) is 2. The number of alkyl carbamates (subject to hydrolysis) is 1. The van der Waals surface area contributed by atoms with Gasteiger partial charge < -0.3 is 15.4 Å². The zero-order chi connectivity index (χ0) is 15.9. The number of rotatable bonds is 6. The summed E-state index contributed by atoms with van der Waals surface area (Å²) >= 11 is 5.00. The number of ether oxygens (including phenoxy) is 1. The fraction of sp³-hybridized carbons (Fsp3) is 0.400. The smallest absolute Gasteiger partial charge is 0.407 e. The third-order valence-corrected chi connectivity index (χ3v) is 3.77. The zero-order valence-corrected chi connectivity index (χ0v) is 13.2. The van der Waals surface area contributed by atoms with Crippen molar-refractivity contribution in [2.75, 3.05) is 13.6 Å². The highest BCUT2D eigenvalue weighted by atomic mass is 32.1. The number of likely N-dealkylation sites (N-methyl/N-ethyl adjacent to an activating group) is 1. The van der Waals surface area contributed by atoms with Gasteiger partial charge in [-0.3, -0.25) is 9.69 Å². The third-order valence-electron chi connectivity index (χ3n) is 3.38. The molecule has 1 unspecified atom stereocenters. The summed E-state index contributed by atoms with van der Waals surface area (Å²) in [6, 6.07) is 9.19. The highest BCUT2D eigenvalue weighted by molar-refractivity contribution is 7.80. The van der Waals surface area contributed by atoms with E-state index in [-0.39, 0.29) is 18.6 Å². The number of thiocarbonyl (C=S) groups is 1. The Kier molecular flexibility index (Phi) is 5.71. The first-order chi connectivity index (χ1) is 10.6. The van der Waals surface area contributed by atoms with Crippen LogP contribution >= 0.6 is 12.2 Å². The number of hydrogen-bond acceptors (Lipinski definition) is 4. The maximum atomic E-state index is 11.8. The van der Waals surface area contributed by atoms with Crippen molar-refractivity contribution in [2.24, 2.45) is 0 Å². The Bertz CT molecular complexity index is 550. The molecule has 1 atom stereocenters. The number of nitrogens with zero attached hydrogens (tertiary/aromatic N) is 1. The molecule has 0 saturated carbocycles. The molecular formula is C15H19N3O3S. The van der Waals surface area contributed by atoms with Crippen LogP contribution in [0, 0.1) is 0 Å². The Morgan fingerprint density at radius 3 is 2.77 bits per heavy atom. The molecule has 0 bridgehead atoms. The average Bonchev–Trinajstić information content (AvgIpc) is 2.78. The van der Waals surface area contributed by atoms with Gasteiger partial charge in [0.05, 0.1) is 0 Å². The van der Waals surface area contributed by atoms with Gasteiger partial charge in [-0.05, 0) is 30.6 Å². The molecular weight excluding hydrogens is 302 g/mol. The van der Waals surface area contributed by atoms with Crippen LogP contribution in [-0.4, -0.2) is 41.6 Å². The third kappa shape index (κ3) is 4.42. The summed E-state index contributed by atoms with van der Waals surface area (Å²) in [6.45, 7) is 0.698. The van der Waals surface area contributed by atoms with Crippen molar-refractivity contribution in [1.29, 1.82) is 0 Å². The van der Waals surface area contributed by atoms with Gasteiger partial charge in [0.1, 0.15) is 12.6 Å². The minimum absolute atomic E-state index is 0.0309. The van der Waals surface area contributed by atoms with Crippen molar-refractivity contribution < 1.29 is 14.3 Å². The summed E-state index contributed by atoms with van der Waals surface area (Å²) in [5.41, 5.74) is 0.940. The quantitative estimate of drug-likeness (QED) is 0.612. The van der Waals surface area contributed by atoms with Gasteiger partial charge in [-0.1, -0.05) is 30.3 Å². The SMILES string of the molecule is CN1C(=O)C(CCCNC(=O)OCc2ccccc2)NC1=S. The van der Waals surface area contributed by atoms with E-state index >= 15 is 0 Å². The number of amides is 2. The second kappa shape index (κ2) is 7.74. The van der Waals surface area contributed by atoms with Crippen molar-refractivity contribution in [3.63, 3.8) is 0 Å². The maximum Gasteiger partial charge on any atom is 0.407 e. The fourth-order valence-corrected chi connectivity index (χ4v) is 2.34. The summed E-state index contributed by atoms with van der Waals surface area (Å²) in [4.78, 5) is 24.7. The lowest BCUT2D eigenvalue weighted by Gasteiger charge is -2.09. The monoisotopic (exact) mass is 321 g/mol. The molecule has 1 saturated heterocycles. The molecule has 1 aliphatic heterocycles. The van der Waals surface area contributed by atoms with Crippen LogP contribution in [0.1, 0.15) is 18.4 Å². The first kappa shape index (κ1) is 16.2. The summed E-state index contributed by atoms with van der Waals surface area (Å²) in [5, 5.41) is 6.07. The van der Waals surface area contributed by atoms with Crippen LogP contribution in [0.5, 0.6) is 0 Å². The largest absolute Gasteiger partial charge is 0.445 e. The number of benzene rings is 1. The first-order valence-electron chi connectivity index (χ1n) is 7.10. The number of carbonyl (C=O) groups is 2. The van der Waals surface area contributed by atoms with Gasteiger partial charge in [-0.25, -0.2) is 4.79 Å². The lowest BCUT2D eigenvalue weighted by molar-refractivity contribution is -0.126. The van der Waals surface area contributed by atoms with E-state index in [1.54, 1.807) is 7.05 Å². The Morgan fingerprint density at radius 2 is 2.14 bits per heavy atom. The Morgan fingerprint density at radius 1 is 1.41 bits per heavy atom. The summed E-state index contributed by atoms with van der Waals surface area (Å²) in [7, 11) is 1.65. The molecule has 1 aliphatic rings. The lowest BCUT2D eigenvalue weighted by atomic mass is 10.1. The zero-order valence-electron chi connectivity index (χ0n) is 12.4. The second-order valence-corrected chi connectivity index (χ2v) is 5.42. The highest BCUT2D eigenvalue weighted by Gasteiger charge is 2.31. The molecule has 22 heavy (non-hydrogen) atoms. The molecule has 2 N–H and O–H groups in total. The Balaban J connectivity index is 1.60. The molecule has 0 radical (unpaired) electrons. The van der Waals surface area contributed by atoms with Crippen LogP contribution in [0.3, 0.4) is 0 Å². The van der Waals surface area contributed by atoms with Crippen molar-refractivity contribution in [2.45, 2.75) is 25.5 Å². The molecule has 7 heteroatoms. The molecule has 0 spiro atoms. The van der Waals surface area contributed by atoms with Gasteiger partial charge in [-0.2, -0.15) is 0 Å². The lowest BCUT2D eigenvalue weighted by Crippen LogP contribution is -2.31. The molecule has 6 nitrogen and oxygen atoms in total. The van der Waals surface area contributed by atoms with Crippen molar-refractivity contribution in [1.82, 2.24) is 15.5 Å². The van der Waals surface area contributed by atoms with E-state index in [1.165, 1.54) is 4.90 Å². The molecule has 2 amide bonds. The van der Waals surface area contributed by atoms with E-state index in [0.717, 1.165) is 5.56 Å². The van der Waals surface area contributed by atoms with Gasteiger partial charge in [0.2, 0.25) is 0 Å². The number of nitrogens with one attached hydrogen (secondary N) is 2. The topological polar surface area (TPSA) is 70.7 Å². The van der Waals surface area contributed by atoms with Crippen LogP contribution in [0.15, 0.2) is 30.3 Å². The van der Waals surface area contributed by atoms with Crippen LogP contribution in [0.2, 0.25) is 0 Å². The molecule has 1 aromatic rings. The van der Waals surface area contributed by atoms with Crippen LogP contribution in [0.25, 0.3) is 0 Å². The van der Waals surface area contributed by atoms with Gasteiger partial charge in [0.25, 0.3) is 5.91 Å². The average molecular weight is 321 g/mol. The molecule has 1 fully saturated rings. The van der Waals surface area contributed by atoms with E-state index in [2.05, 4.69) is 10.6 Å². The molecule has 1 aromatic carbocycles. The maximum absolute atomic E-state index is 11.8. The fourth-order valence-electron chi connectivity index (χ4n) is 2.11. The van der Waals surface area contributed by atoms with Crippen molar-refractivity contribution in [3.05, 3.63) is 35.9 Å². The van der Waals surface area contributed by atoms with Crippen molar-refractivity contribution in [3.8, 4) is 0 Å². The minimum atomic E-state index is -0.456. The molecule has 118 valence electrons. The normalized spacial score (nSPS) is 17.3. The summed E-state index contributed by atoms with van der Waals surface area (Å²) < 4.78 is 5.09. The number of carbonyl (C=O) groups excluding carboxylic acids is 2. The van der Waals surface area contributed by atoms with Gasteiger partial charge in [-0.15, -0.1) is 0 Å². The predicted molar refractivity (Wildman–Crippen MR) is 86.2 cm³/mol. The minimum Gasteiger partial charge on any atom is -0.445 e. The molecule has 2 rings (SSSR count). The predicted octanol–water partition coefficient (Wildman–Crippen LogP) is 1.41. The van der Waals surface area contributed by atoms with Crippen LogP contribution in [-0.2, 0) is 16.1 Å². The van der Waals surface area contributed by atoms with Crippen molar-refractivity contribution >= 4 is 29.3 Å². The molecule has 1 heterocycles. The van der Waals surface area contributed by atoms with E-state index in [9.17, 15) is 9.59 Å². The van der Waals surface area contributed by atoms with Gasteiger partial charge in [0, 0.05) is 13.6 Å². The Labute approximate surface area is 134 Å². The van der Waals surface area contributed by atoms with E-state index < -0.39 is 6.09 Å². The van der Waals surface area contributed by atoms with E-state index in [4.69, 9.17) is 17.0 Å². The van der Waals surface area contributed by atoms with Gasteiger partial charge >= 0.3 is 6.09 Å². The standard InChI is InChI=1S/C15H19N3O3S/c1-18-13(19)12(17-14(18)22)8-5-9-16-15(20)21-10-11-6-3-2-4-7-11/h2-4,6-7,12H,5,8-10H2,1H3,(H,16,20)(H,17,22). The van der Waals surface area contributed by atoms with E-state index in [1.807, 2.05) is 30.3 Å². The molecule has 0 aromatic heterocycles. The van der Waals surface area contributed by atoms with Crippen LogP contribution < -0.4 is 10.6 Å².